The molecule has 2 N–H and O–H groups in total. The first-order valence-corrected chi connectivity index (χ1v) is 11.5. The van der Waals surface area contributed by atoms with E-state index < -0.39 is 0 Å². The standard InChI is InChI=1S/C28H29N3O3/c1-18-7-9-20(10-8-18)27-26-23(24-16-22(34-3)11-12-25(24)30-26)13-14-31(27)28(32)29-17-19-5-4-6-21(15-19)33-2/h4-12,15-16,27,30H,13-14,17H2,1-3H3,(H,29,32)/t27-/m0/s1. The van der Waals surface area contributed by atoms with Crippen molar-refractivity contribution in [3.8, 4) is 11.5 Å². The maximum atomic E-state index is 13.5. The molecule has 1 atom stereocenters. The Balaban J connectivity index is 1.49. The Morgan fingerprint density at radius 1 is 1.03 bits per heavy atom. The minimum atomic E-state index is -0.201. The van der Waals surface area contributed by atoms with Gasteiger partial charge < -0.3 is 24.7 Å². The summed E-state index contributed by atoms with van der Waals surface area (Å²) in [5.74, 6) is 1.61. The van der Waals surface area contributed by atoms with Crippen LogP contribution < -0.4 is 14.8 Å². The van der Waals surface area contributed by atoms with E-state index in [-0.39, 0.29) is 12.1 Å². The molecule has 4 aromatic rings. The van der Waals surface area contributed by atoms with Gasteiger partial charge in [-0.15, -0.1) is 0 Å². The summed E-state index contributed by atoms with van der Waals surface area (Å²) in [6.07, 6.45) is 0.775. The second-order valence-electron chi connectivity index (χ2n) is 8.70. The molecular weight excluding hydrogens is 426 g/mol. The van der Waals surface area contributed by atoms with Crippen LogP contribution in [0, 0.1) is 6.92 Å². The number of hydrogen-bond donors (Lipinski definition) is 2. The minimum Gasteiger partial charge on any atom is -0.497 e. The van der Waals surface area contributed by atoms with E-state index in [1.807, 2.05) is 41.3 Å². The van der Waals surface area contributed by atoms with Crippen LogP contribution in [0.5, 0.6) is 11.5 Å². The van der Waals surface area contributed by atoms with E-state index >= 15 is 0 Å². The highest BCUT2D eigenvalue weighted by atomic mass is 16.5. The highest BCUT2D eigenvalue weighted by Crippen LogP contribution is 2.39. The van der Waals surface area contributed by atoms with Gasteiger partial charge >= 0.3 is 6.03 Å². The first-order chi connectivity index (χ1) is 16.6. The van der Waals surface area contributed by atoms with Crippen molar-refractivity contribution in [3.05, 3.63) is 94.7 Å². The average molecular weight is 456 g/mol. The summed E-state index contributed by atoms with van der Waals surface area (Å²) in [6, 6.07) is 22.0. The number of nitrogens with one attached hydrogen (secondary N) is 2. The van der Waals surface area contributed by atoms with Crippen LogP contribution in [0.2, 0.25) is 0 Å². The Labute approximate surface area is 199 Å². The van der Waals surface area contributed by atoms with Gasteiger partial charge in [0.05, 0.1) is 20.3 Å². The molecule has 0 bridgehead atoms. The predicted molar refractivity (Wildman–Crippen MR) is 134 cm³/mol. The second-order valence-corrected chi connectivity index (χ2v) is 8.70. The molecule has 174 valence electrons. The normalized spacial score (nSPS) is 15.1. The monoisotopic (exact) mass is 455 g/mol. The van der Waals surface area contributed by atoms with Gasteiger partial charge in [0.25, 0.3) is 0 Å². The fraction of sp³-hybridized carbons (Fsp3) is 0.250. The molecule has 1 aliphatic heterocycles. The van der Waals surface area contributed by atoms with E-state index in [1.54, 1.807) is 14.2 Å². The van der Waals surface area contributed by atoms with Crippen LogP contribution in [0.4, 0.5) is 4.79 Å². The Kier molecular flexibility index (Phi) is 5.88. The quantitative estimate of drug-likeness (QED) is 0.426. The molecule has 34 heavy (non-hydrogen) atoms. The largest absolute Gasteiger partial charge is 0.497 e. The zero-order valence-corrected chi connectivity index (χ0v) is 19.7. The van der Waals surface area contributed by atoms with Gasteiger partial charge in [0.1, 0.15) is 11.5 Å². The molecule has 5 rings (SSSR count). The predicted octanol–water partition coefficient (Wildman–Crippen LogP) is 5.35. The third kappa shape index (κ3) is 4.07. The van der Waals surface area contributed by atoms with Crippen molar-refractivity contribution >= 4 is 16.9 Å². The fourth-order valence-corrected chi connectivity index (χ4v) is 4.77. The third-order valence-corrected chi connectivity index (χ3v) is 6.57. The number of aryl methyl sites for hydroxylation is 1. The minimum absolute atomic E-state index is 0.0877. The lowest BCUT2D eigenvalue weighted by Crippen LogP contribution is -2.45. The van der Waals surface area contributed by atoms with Crippen molar-refractivity contribution in [1.82, 2.24) is 15.2 Å². The maximum Gasteiger partial charge on any atom is 0.318 e. The zero-order chi connectivity index (χ0) is 23.7. The maximum absolute atomic E-state index is 13.5. The number of rotatable bonds is 5. The van der Waals surface area contributed by atoms with E-state index in [1.165, 1.54) is 11.1 Å². The molecule has 1 aromatic heterocycles. The number of benzene rings is 3. The Morgan fingerprint density at radius 3 is 2.56 bits per heavy atom. The summed E-state index contributed by atoms with van der Waals surface area (Å²) < 4.78 is 10.8. The van der Waals surface area contributed by atoms with Crippen LogP contribution >= 0.6 is 0 Å². The topological polar surface area (TPSA) is 66.6 Å². The van der Waals surface area contributed by atoms with Crippen LogP contribution in [-0.2, 0) is 13.0 Å². The number of aromatic amines is 1. The lowest BCUT2D eigenvalue weighted by molar-refractivity contribution is 0.179. The molecule has 0 spiro atoms. The van der Waals surface area contributed by atoms with Gasteiger partial charge in [0.15, 0.2) is 0 Å². The van der Waals surface area contributed by atoms with Gasteiger partial charge in [0.2, 0.25) is 0 Å². The molecule has 0 radical (unpaired) electrons. The smallest absolute Gasteiger partial charge is 0.318 e. The molecule has 0 saturated carbocycles. The summed E-state index contributed by atoms with van der Waals surface area (Å²) in [7, 11) is 3.33. The molecule has 1 aliphatic rings. The van der Waals surface area contributed by atoms with Gasteiger partial charge in [-0.25, -0.2) is 4.79 Å². The summed E-state index contributed by atoms with van der Waals surface area (Å²) in [5, 5.41) is 4.27. The molecule has 2 amide bonds. The first kappa shape index (κ1) is 21.9. The molecule has 6 heteroatoms. The molecule has 3 aromatic carbocycles. The Bertz CT molecular complexity index is 1330. The van der Waals surface area contributed by atoms with Crippen molar-refractivity contribution in [1.29, 1.82) is 0 Å². The van der Waals surface area contributed by atoms with Gasteiger partial charge in [0, 0.05) is 29.7 Å². The fourth-order valence-electron chi connectivity index (χ4n) is 4.77. The molecule has 6 nitrogen and oxygen atoms in total. The number of methoxy groups -OCH3 is 2. The van der Waals surface area contributed by atoms with Crippen LogP contribution in [0.25, 0.3) is 10.9 Å². The number of ether oxygens (including phenoxy) is 2. The number of nitrogens with zero attached hydrogens (tertiary/aromatic N) is 1. The lowest BCUT2D eigenvalue weighted by atomic mass is 9.92. The number of fused-ring (bicyclic) bond motifs is 3. The molecular formula is C28H29N3O3. The van der Waals surface area contributed by atoms with Gasteiger partial charge in [-0.3, -0.25) is 0 Å². The number of aromatic nitrogens is 1. The van der Waals surface area contributed by atoms with E-state index in [0.717, 1.165) is 45.6 Å². The second kappa shape index (κ2) is 9.14. The van der Waals surface area contributed by atoms with E-state index in [0.29, 0.717) is 13.1 Å². The molecule has 0 saturated heterocycles. The first-order valence-electron chi connectivity index (χ1n) is 11.5. The third-order valence-electron chi connectivity index (χ3n) is 6.57. The van der Waals surface area contributed by atoms with E-state index in [2.05, 4.69) is 47.6 Å². The van der Waals surface area contributed by atoms with E-state index in [4.69, 9.17) is 9.47 Å². The highest BCUT2D eigenvalue weighted by Gasteiger charge is 2.34. The molecule has 0 aliphatic carbocycles. The lowest BCUT2D eigenvalue weighted by Gasteiger charge is -2.36. The van der Waals surface area contributed by atoms with Gasteiger partial charge in [-0.2, -0.15) is 0 Å². The number of carbonyl (C=O) groups is 1. The number of amides is 2. The summed E-state index contributed by atoms with van der Waals surface area (Å²) >= 11 is 0. The zero-order valence-electron chi connectivity index (χ0n) is 19.7. The summed E-state index contributed by atoms with van der Waals surface area (Å²) in [5.41, 5.74) is 6.64. The van der Waals surface area contributed by atoms with Crippen molar-refractivity contribution < 1.29 is 14.3 Å². The number of carbonyl (C=O) groups excluding carboxylic acids is 1. The van der Waals surface area contributed by atoms with Crippen LogP contribution in [0.15, 0.2) is 66.7 Å². The molecule has 0 fully saturated rings. The van der Waals surface area contributed by atoms with E-state index in [9.17, 15) is 4.79 Å². The highest BCUT2D eigenvalue weighted by molar-refractivity contribution is 5.87. The van der Waals surface area contributed by atoms with Gasteiger partial charge in [-0.05, 0) is 60.4 Å². The van der Waals surface area contributed by atoms with Crippen LogP contribution in [0.3, 0.4) is 0 Å². The van der Waals surface area contributed by atoms with Gasteiger partial charge in [-0.1, -0.05) is 42.0 Å². The van der Waals surface area contributed by atoms with Crippen molar-refractivity contribution in [2.24, 2.45) is 0 Å². The van der Waals surface area contributed by atoms with Crippen molar-refractivity contribution in [2.75, 3.05) is 20.8 Å². The van der Waals surface area contributed by atoms with Crippen molar-refractivity contribution in [3.63, 3.8) is 0 Å². The average Bonchev–Trinajstić information content (AvgIpc) is 3.25. The molecule has 2 heterocycles. The number of hydrogen-bond acceptors (Lipinski definition) is 3. The Morgan fingerprint density at radius 2 is 1.79 bits per heavy atom. The number of urea groups is 1. The van der Waals surface area contributed by atoms with Crippen molar-refractivity contribution in [2.45, 2.75) is 25.9 Å². The SMILES string of the molecule is COc1cccc(CNC(=O)N2CCc3c([nH]c4ccc(OC)cc34)[C@@H]2c2ccc(C)cc2)c1. The Hall–Kier alpha value is -3.93. The summed E-state index contributed by atoms with van der Waals surface area (Å²) in [4.78, 5) is 19.0. The van der Waals surface area contributed by atoms with Crippen LogP contribution in [0.1, 0.15) is 34.0 Å². The number of H-pyrrole nitrogens is 1. The summed E-state index contributed by atoms with van der Waals surface area (Å²) in [6.45, 7) is 3.13. The van der Waals surface area contributed by atoms with Crippen LogP contribution in [-0.4, -0.2) is 36.7 Å². The molecule has 0 unspecified atom stereocenters.